The number of likely N-dealkylation sites (N-methyl/N-ethyl adjacent to an activating group) is 1. The van der Waals surface area contributed by atoms with Crippen molar-refractivity contribution in [2.45, 2.75) is 18.5 Å². The highest BCUT2D eigenvalue weighted by Crippen LogP contribution is 2.57. The summed E-state index contributed by atoms with van der Waals surface area (Å²) in [4.78, 5) is 13.4. The van der Waals surface area contributed by atoms with Crippen molar-refractivity contribution >= 4 is 5.97 Å². The molecule has 3 fully saturated rings. The van der Waals surface area contributed by atoms with E-state index in [2.05, 4.69) is 11.9 Å². The first-order valence-electron chi connectivity index (χ1n) is 5.30. The summed E-state index contributed by atoms with van der Waals surface area (Å²) in [5.74, 6) is 0.355. The van der Waals surface area contributed by atoms with Gasteiger partial charge in [0.2, 0.25) is 0 Å². The van der Waals surface area contributed by atoms with Crippen molar-refractivity contribution in [3.8, 4) is 0 Å². The van der Waals surface area contributed by atoms with Gasteiger partial charge in [-0.15, -0.1) is 0 Å². The Bertz CT molecular complexity index is 290. The van der Waals surface area contributed by atoms with Crippen molar-refractivity contribution in [3.05, 3.63) is 0 Å². The molecule has 2 bridgehead atoms. The van der Waals surface area contributed by atoms with Crippen molar-refractivity contribution in [2.75, 3.05) is 13.6 Å². The fourth-order valence-corrected chi connectivity index (χ4v) is 4.24. The van der Waals surface area contributed by atoms with Crippen molar-refractivity contribution in [1.29, 1.82) is 0 Å². The SMILES string of the molecule is CN1C[C@@H]2[C@H]3C[C@@H]([C@H](N)[C@@H]31)[C@@H]2C(=O)O. The molecule has 2 saturated carbocycles. The summed E-state index contributed by atoms with van der Waals surface area (Å²) in [6.45, 7) is 0.927. The standard InChI is InChI=1S/C10H16N2O2/c1-12-3-6-4-2-5(7(6)10(13)14)8(11)9(4)12/h4-9H,2-3,11H2,1H3,(H,13,14)/t4-,5-,6-,7+,8+,9-/m1/s1. The Hall–Kier alpha value is -0.610. The zero-order chi connectivity index (χ0) is 10.0. The Morgan fingerprint density at radius 1 is 1.43 bits per heavy atom. The summed E-state index contributed by atoms with van der Waals surface area (Å²) >= 11 is 0. The maximum atomic E-state index is 11.2. The molecule has 1 aliphatic heterocycles. The molecule has 0 amide bonds. The van der Waals surface area contributed by atoms with E-state index in [1.165, 1.54) is 0 Å². The highest BCUT2D eigenvalue weighted by molar-refractivity contribution is 5.72. The Kier molecular flexibility index (Phi) is 1.55. The molecule has 3 rings (SSSR count). The molecule has 1 saturated heterocycles. The second-order valence-corrected chi connectivity index (χ2v) is 5.10. The monoisotopic (exact) mass is 196 g/mol. The zero-order valence-electron chi connectivity index (χ0n) is 8.26. The topological polar surface area (TPSA) is 66.6 Å². The third kappa shape index (κ3) is 0.792. The van der Waals surface area contributed by atoms with Gasteiger partial charge in [0.25, 0.3) is 0 Å². The minimum absolute atomic E-state index is 0.0878. The minimum Gasteiger partial charge on any atom is -0.481 e. The lowest BCUT2D eigenvalue weighted by Gasteiger charge is -2.30. The van der Waals surface area contributed by atoms with E-state index in [1.807, 2.05) is 0 Å². The Labute approximate surface area is 83.1 Å². The lowest BCUT2D eigenvalue weighted by molar-refractivity contribution is -0.145. The maximum absolute atomic E-state index is 11.2. The predicted octanol–water partition coefficient (Wildman–Crippen LogP) is -0.406. The van der Waals surface area contributed by atoms with Crippen LogP contribution in [0.15, 0.2) is 0 Å². The van der Waals surface area contributed by atoms with E-state index in [1.54, 1.807) is 0 Å². The third-order valence-electron chi connectivity index (χ3n) is 4.64. The summed E-state index contributed by atoms with van der Waals surface area (Å²) in [5.41, 5.74) is 6.11. The molecule has 4 nitrogen and oxygen atoms in total. The van der Waals surface area contributed by atoms with Gasteiger partial charge in [-0.2, -0.15) is 0 Å². The Balaban J connectivity index is 1.99. The lowest BCUT2D eigenvalue weighted by Crippen LogP contribution is -2.48. The van der Waals surface area contributed by atoms with E-state index in [4.69, 9.17) is 5.73 Å². The number of hydrogen-bond acceptors (Lipinski definition) is 3. The number of likely N-dealkylation sites (tertiary alicyclic amines) is 1. The summed E-state index contributed by atoms with van der Waals surface area (Å²) in [7, 11) is 2.07. The average molecular weight is 196 g/mol. The number of nitrogens with two attached hydrogens (primary N) is 1. The molecular weight excluding hydrogens is 180 g/mol. The molecule has 6 atom stereocenters. The minimum atomic E-state index is -0.633. The van der Waals surface area contributed by atoms with Gasteiger partial charge in [0.15, 0.2) is 0 Å². The molecule has 0 unspecified atom stereocenters. The van der Waals surface area contributed by atoms with Crippen LogP contribution in [-0.4, -0.2) is 41.7 Å². The highest BCUT2D eigenvalue weighted by Gasteiger charge is 2.63. The van der Waals surface area contributed by atoms with Crippen LogP contribution in [0.5, 0.6) is 0 Å². The van der Waals surface area contributed by atoms with E-state index < -0.39 is 5.97 Å². The number of hydrogen-bond donors (Lipinski definition) is 2. The quantitative estimate of drug-likeness (QED) is 0.598. The molecule has 0 aromatic carbocycles. The number of rotatable bonds is 1. The first-order chi connectivity index (χ1) is 6.61. The summed E-state index contributed by atoms with van der Waals surface area (Å²) < 4.78 is 0. The lowest BCUT2D eigenvalue weighted by atomic mass is 9.78. The van der Waals surface area contributed by atoms with Gasteiger partial charge in [0.1, 0.15) is 0 Å². The Morgan fingerprint density at radius 3 is 2.79 bits per heavy atom. The second-order valence-electron chi connectivity index (χ2n) is 5.10. The highest BCUT2D eigenvalue weighted by atomic mass is 16.4. The van der Waals surface area contributed by atoms with E-state index in [9.17, 15) is 9.90 Å². The third-order valence-corrected chi connectivity index (χ3v) is 4.64. The molecule has 4 heteroatoms. The van der Waals surface area contributed by atoms with Crippen LogP contribution in [0.25, 0.3) is 0 Å². The molecule has 0 spiro atoms. The molecule has 0 aromatic heterocycles. The summed E-state index contributed by atoms with van der Waals surface area (Å²) in [6.07, 6.45) is 1.04. The van der Waals surface area contributed by atoms with Crippen LogP contribution in [0.4, 0.5) is 0 Å². The number of carbonyl (C=O) groups is 1. The Morgan fingerprint density at radius 2 is 2.14 bits per heavy atom. The number of carboxylic acid groups (broad SMARTS) is 1. The van der Waals surface area contributed by atoms with Crippen LogP contribution in [-0.2, 0) is 4.79 Å². The van der Waals surface area contributed by atoms with Crippen molar-refractivity contribution in [2.24, 2.45) is 29.4 Å². The van der Waals surface area contributed by atoms with Crippen LogP contribution in [0.3, 0.4) is 0 Å². The largest absolute Gasteiger partial charge is 0.481 e. The van der Waals surface area contributed by atoms with Crippen LogP contribution in [0.2, 0.25) is 0 Å². The maximum Gasteiger partial charge on any atom is 0.307 e. The molecule has 78 valence electrons. The molecule has 2 aliphatic carbocycles. The summed E-state index contributed by atoms with van der Waals surface area (Å²) in [6, 6.07) is 0.547. The fraction of sp³-hybridized carbons (Fsp3) is 0.900. The van der Waals surface area contributed by atoms with Gasteiger partial charge < -0.3 is 15.7 Å². The predicted molar refractivity (Wildman–Crippen MR) is 50.6 cm³/mol. The fourth-order valence-electron chi connectivity index (χ4n) is 4.24. The number of fused-ring (bicyclic) bond motifs is 1. The zero-order valence-corrected chi connectivity index (χ0v) is 8.26. The van der Waals surface area contributed by atoms with E-state index in [-0.39, 0.29) is 17.9 Å². The molecular formula is C10H16N2O2. The first-order valence-corrected chi connectivity index (χ1v) is 5.30. The van der Waals surface area contributed by atoms with Gasteiger partial charge in [-0.05, 0) is 31.2 Å². The average Bonchev–Trinajstić information content (AvgIpc) is 2.63. The number of carboxylic acids is 1. The van der Waals surface area contributed by atoms with Crippen LogP contribution in [0, 0.1) is 23.7 Å². The van der Waals surface area contributed by atoms with Gasteiger partial charge in [-0.3, -0.25) is 4.79 Å². The second kappa shape index (κ2) is 2.49. The molecule has 0 aromatic rings. The van der Waals surface area contributed by atoms with Gasteiger partial charge in [-0.1, -0.05) is 0 Å². The number of nitrogens with zero attached hydrogens (tertiary/aromatic N) is 1. The van der Waals surface area contributed by atoms with Crippen LogP contribution in [0.1, 0.15) is 6.42 Å². The van der Waals surface area contributed by atoms with Crippen molar-refractivity contribution < 1.29 is 9.90 Å². The van der Waals surface area contributed by atoms with Gasteiger partial charge in [-0.25, -0.2) is 0 Å². The first kappa shape index (κ1) is 8.68. The molecule has 0 radical (unpaired) electrons. The van der Waals surface area contributed by atoms with Crippen molar-refractivity contribution in [3.63, 3.8) is 0 Å². The number of aliphatic carboxylic acids is 1. The molecule has 3 N–H and O–H groups in total. The van der Waals surface area contributed by atoms with E-state index in [0.29, 0.717) is 17.9 Å². The van der Waals surface area contributed by atoms with Crippen molar-refractivity contribution in [1.82, 2.24) is 4.90 Å². The normalized spacial score (nSPS) is 55.6. The molecule has 14 heavy (non-hydrogen) atoms. The van der Waals surface area contributed by atoms with E-state index >= 15 is 0 Å². The van der Waals surface area contributed by atoms with Gasteiger partial charge in [0, 0.05) is 18.6 Å². The van der Waals surface area contributed by atoms with Crippen LogP contribution >= 0.6 is 0 Å². The van der Waals surface area contributed by atoms with Gasteiger partial charge in [0.05, 0.1) is 5.92 Å². The molecule has 3 aliphatic rings. The molecule has 1 heterocycles. The van der Waals surface area contributed by atoms with Gasteiger partial charge >= 0.3 is 5.97 Å². The van der Waals surface area contributed by atoms with E-state index in [0.717, 1.165) is 13.0 Å². The smallest absolute Gasteiger partial charge is 0.307 e. The van der Waals surface area contributed by atoms with Crippen LogP contribution < -0.4 is 5.73 Å². The summed E-state index contributed by atoms with van der Waals surface area (Å²) in [5, 5.41) is 9.19.